The van der Waals surface area contributed by atoms with Gasteiger partial charge in [-0.2, -0.15) is 0 Å². The maximum Gasteiger partial charge on any atom is 0.415 e. The van der Waals surface area contributed by atoms with E-state index in [1.807, 2.05) is 6.08 Å². The van der Waals surface area contributed by atoms with Gasteiger partial charge in [-0.3, -0.25) is 14.5 Å². The maximum absolute atomic E-state index is 14.8. The first-order chi connectivity index (χ1) is 13.0. The molecule has 1 aromatic carbocycles. The molecule has 3 amide bonds. The van der Waals surface area contributed by atoms with Crippen molar-refractivity contribution in [2.24, 2.45) is 0 Å². The average Bonchev–Trinajstić information content (AvgIpc) is 3.16. The molecule has 4 rings (SSSR count). The number of ether oxygens (including phenoxy) is 1. The first kappa shape index (κ1) is 17.5. The Morgan fingerprint density at radius 1 is 1.44 bits per heavy atom. The molecule has 1 saturated heterocycles. The molecule has 3 aliphatic rings. The fourth-order valence-electron chi connectivity index (χ4n) is 3.98. The number of benzene rings is 1. The van der Waals surface area contributed by atoms with E-state index >= 15 is 0 Å². The fraction of sp³-hybridized carbons (Fsp3) is 0.421. The molecule has 1 aromatic rings. The zero-order valence-corrected chi connectivity index (χ0v) is 14.9. The summed E-state index contributed by atoms with van der Waals surface area (Å²) in [6.07, 6.45) is 2.82. The molecule has 27 heavy (non-hydrogen) atoms. The van der Waals surface area contributed by atoms with Crippen LogP contribution in [0.5, 0.6) is 0 Å². The third kappa shape index (κ3) is 3.05. The second kappa shape index (κ2) is 6.68. The Labute approximate surface area is 155 Å². The van der Waals surface area contributed by atoms with Crippen LogP contribution in [0.1, 0.15) is 24.5 Å². The second-order valence-electron chi connectivity index (χ2n) is 7.04. The molecule has 0 radical (unpaired) electrons. The molecule has 7 nitrogen and oxygen atoms in total. The summed E-state index contributed by atoms with van der Waals surface area (Å²) in [6, 6.07) is 2.94. The minimum absolute atomic E-state index is 0.193. The number of cyclic esters (lactones) is 1. The Balaban J connectivity index is 1.60. The van der Waals surface area contributed by atoms with Gasteiger partial charge in [0.25, 0.3) is 0 Å². The topological polar surface area (TPSA) is 79.0 Å². The summed E-state index contributed by atoms with van der Waals surface area (Å²) in [7, 11) is 0. The fourth-order valence-corrected chi connectivity index (χ4v) is 3.98. The number of carbonyl (C=O) groups excluding carboxylic acids is 3. The molecule has 3 heterocycles. The highest BCUT2D eigenvalue weighted by atomic mass is 19.1. The molecule has 0 saturated carbocycles. The minimum atomic E-state index is -0.514. The quantitative estimate of drug-likeness (QED) is 0.811. The standard InChI is InChI=1S/C19H20FN3O4/c1-11(25)21-9-18-17-7-13-6-14(12-2-4-22(10-24)5-3-12)15(20)8-16(13)23(17)19(26)27-18/h2,6,8,10,17-18H,3-5,7,9H2,1H3,(H,21,25)/t17-,18-/m0/s1. The van der Waals surface area contributed by atoms with E-state index in [0.717, 1.165) is 17.5 Å². The first-order valence-electron chi connectivity index (χ1n) is 8.93. The number of rotatable bonds is 4. The number of halogens is 1. The average molecular weight is 373 g/mol. The molecule has 0 aromatic heterocycles. The summed E-state index contributed by atoms with van der Waals surface area (Å²) in [5.74, 6) is -0.583. The van der Waals surface area contributed by atoms with Crippen LogP contribution in [0, 0.1) is 5.82 Å². The van der Waals surface area contributed by atoms with Crippen molar-refractivity contribution < 1.29 is 23.5 Å². The molecule has 0 bridgehead atoms. The van der Waals surface area contributed by atoms with Gasteiger partial charge in [-0.25, -0.2) is 9.18 Å². The molecule has 0 spiro atoms. The van der Waals surface area contributed by atoms with E-state index in [2.05, 4.69) is 5.32 Å². The van der Waals surface area contributed by atoms with Crippen LogP contribution < -0.4 is 10.2 Å². The molecule has 3 aliphatic heterocycles. The van der Waals surface area contributed by atoms with Gasteiger partial charge in [0.05, 0.1) is 18.3 Å². The van der Waals surface area contributed by atoms with Gasteiger partial charge in [0.2, 0.25) is 12.3 Å². The Bertz CT molecular complexity index is 854. The molecular formula is C19H20FN3O4. The Kier molecular flexibility index (Phi) is 4.33. The summed E-state index contributed by atoms with van der Waals surface area (Å²) in [6.45, 7) is 2.67. The van der Waals surface area contributed by atoms with Crippen LogP contribution in [0.15, 0.2) is 18.2 Å². The van der Waals surface area contributed by atoms with Crippen LogP contribution in [0.2, 0.25) is 0 Å². The number of nitrogens with one attached hydrogen (secondary N) is 1. The highest BCUT2D eigenvalue weighted by Gasteiger charge is 2.47. The predicted octanol–water partition coefficient (Wildman–Crippen LogP) is 1.46. The lowest BCUT2D eigenvalue weighted by atomic mass is 9.95. The highest BCUT2D eigenvalue weighted by molar-refractivity contribution is 5.94. The number of carbonyl (C=O) groups is 3. The molecule has 0 aliphatic carbocycles. The van der Waals surface area contributed by atoms with Crippen LogP contribution in [0.4, 0.5) is 14.9 Å². The normalized spacial score (nSPS) is 23.5. The third-order valence-corrected chi connectivity index (χ3v) is 5.35. The zero-order chi connectivity index (χ0) is 19.1. The van der Waals surface area contributed by atoms with Crippen molar-refractivity contribution in [1.82, 2.24) is 10.2 Å². The van der Waals surface area contributed by atoms with Gasteiger partial charge in [-0.1, -0.05) is 6.08 Å². The van der Waals surface area contributed by atoms with Gasteiger partial charge < -0.3 is 15.0 Å². The van der Waals surface area contributed by atoms with E-state index < -0.39 is 18.0 Å². The number of fused-ring (bicyclic) bond motifs is 3. The molecule has 0 unspecified atom stereocenters. The number of nitrogens with zero attached hydrogens (tertiary/aromatic N) is 2. The molecule has 142 valence electrons. The lowest BCUT2D eigenvalue weighted by Gasteiger charge is -2.23. The van der Waals surface area contributed by atoms with Crippen molar-refractivity contribution in [2.45, 2.75) is 31.9 Å². The van der Waals surface area contributed by atoms with E-state index in [1.54, 1.807) is 11.0 Å². The van der Waals surface area contributed by atoms with Crippen LogP contribution in [0.3, 0.4) is 0 Å². The van der Waals surface area contributed by atoms with Crippen molar-refractivity contribution in [2.75, 3.05) is 24.5 Å². The van der Waals surface area contributed by atoms with Gasteiger partial charge in [0.15, 0.2) is 0 Å². The Hall–Kier alpha value is -2.90. The van der Waals surface area contributed by atoms with E-state index in [-0.39, 0.29) is 18.5 Å². The van der Waals surface area contributed by atoms with Crippen molar-refractivity contribution >= 4 is 29.7 Å². The van der Waals surface area contributed by atoms with E-state index in [1.165, 1.54) is 17.9 Å². The Morgan fingerprint density at radius 3 is 2.93 bits per heavy atom. The number of hydrogen-bond acceptors (Lipinski definition) is 4. The number of hydrogen-bond donors (Lipinski definition) is 1. The maximum atomic E-state index is 14.8. The van der Waals surface area contributed by atoms with Gasteiger partial charge in [0, 0.05) is 25.6 Å². The lowest BCUT2D eigenvalue weighted by Crippen LogP contribution is -2.40. The van der Waals surface area contributed by atoms with E-state index in [9.17, 15) is 18.8 Å². The zero-order valence-electron chi connectivity index (χ0n) is 14.9. The summed E-state index contributed by atoms with van der Waals surface area (Å²) in [5.41, 5.74) is 2.81. The molecule has 2 atom stereocenters. The summed E-state index contributed by atoms with van der Waals surface area (Å²) in [5, 5.41) is 2.67. The summed E-state index contributed by atoms with van der Waals surface area (Å²) < 4.78 is 20.1. The van der Waals surface area contributed by atoms with E-state index in [0.29, 0.717) is 37.2 Å². The van der Waals surface area contributed by atoms with E-state index in [4.69, 9.17) is 4.74 Å². The van der Waals surface area contributed by atoms with Crippen molar-refractivity contribution in [1.29, 1.82) is 0 Å². The van der Waals surface area contributed by atoms with Gasteiger partial charge >= 0.3 is 6.09 Å². The molecular weight excluding hydrogens is 353 g/mol. The lowest BCUT2D eigenvalue weighted by molar-refractivity contribution is -0.119. The van der Waals surface area contributed by atoms with Gasteiger partial charge in [-0.15, -0.1) is 0 Å². The molecule has 8 heteroatoms. The predicted molar refractivity (Wildman–Crippen MR) is 95.6 cm³/mol. The van der Waals surface area contributed by atoms with Crippen molar-refractivity contribution in [3.05, 3.63) is 35.2 Å². The third-order valence-electron chi connectivity index (χ3n) is 5.35. The van der Waals surface area contributed by atoms with Crippen LogP contribution in [0.25, 0.3) is 5.57 Å². The van der Waals surface area contributed by atoms with Crippen LogP contribution in [-0.2, 0) is 20.7 Å². The summed E-state index contributed by atoms with van der Waals surface area (Å²) in [4.78, 5) is 37.4. The van der Waals surface area contributed by atoms with Crippen molar-refractivity contribution in [3.63, 3.8) is 0 Å². The molecule has 1 fully saturated rings. The van der Waals surface area contributed by atoms with Crippen LogP contribution in [-0.4, -0.2) is 55.1 Å². The van der Waals surface area contributed by atoms with Crippen molar-refractivity contribution in [3.8, 4) is 0 Å². The Morgan fingerprint density at radius 2 is 2.26 bits per heavy atom. The summed E-state index contributed by atoms with van der Waals surface area (Å²) >= 11 is 0. The number of amides is 3. The minimum Gasteiger partial charge on any atom is -0.442 e. The molecule has 1 N–H and O–H groups in total. The smallest absolute Gasteiger partial charge is 0.415 e. The first-order valence-corrected chi connectivity index (χ1v) is 8.93. The monoisotopic (exact) mass is 373 g/mol. The largest absolute Gasteiger partial charge is 0.442 e. The number of anilines is 1. The highest BCUT2D eigenvalue weighted by Crippen LogP contribution is 2.41. The SMILES string of the molecule is CC(=O)NC[C@@H]1OC(=O)N2c3cc(F)c(C4=CCN(C=O)CC4)cc3C[C@@H]12. The second-order valence-corrected chi connectivity index (χ2v) is 7.04. The van der Waals surface area contributed by atoms with Gasteiger partial charge in [0.1, 0.15) is 11.9 Å². The van der Waals surface area contributed by atoms with Gasteiger partial charge in [-0.05, 0) is 36.1 Å². The van der Waals surface area contributed by atoms with Crippen LogP contribution >= 0.6 is 0 Å².